The molecule has 0 saturated carbocycles. The second kappa shape index (κ2) is 10.00. The maximum Gasteiger partial charge on any atom is 0.199 e. The summed E-state index contributed by atoms with van der Waals surface area (Å²) in [5.74, 6) is 1.72. The van der Waals surface area contributed by atoms with Gasteiger partial charge in [-0.05, 0) is 56.9 Å². The number of nitrogens with one attached hydrogen (secondary N) is 1. The molecule has 1 aliphatic heterocycles. The van der Waals surface area contributed by atoms with Crippen LogP contribution in [0, 0.1) is 0 Å². The number of furan rings is 1. The molecule has 5 nitrogen and oxygen atoms in total. The lowest BCUT2D eigenvalue weighted by atomic mass is 9.93. The van der Waals surface area contributed by atoms with Gasteiger partial charge in [0.1, 0.15) is 17.6 Å². The first kappa shape index (κ1) is 25.1. The fraction of sp³-hybridized carbons (Fsp3) is 0.0526. The normalized spacial score (nSPS) is 15.6. The molecule has 1 unspecified atom stereocenters. The minimum atomic E-state index is -0.347. The van der Waals surface area contributed by atoms with E-state index in [0.717, 1.165) is 38.6 Å². The van der Waals surface area contributed by atoms with Crippen molar-refractivity contribution >= 4 is 66.4 Å². The summed E-state index contributed by atoms with van der Waals surface area (Å²) in [7, 11) is 0. The molecule has 1 atom stereocenters. The summed E-state index contributed by atoms with van der Waals surface area (Å²) in [5.41, 5.74) is 11.0. The Balaban J connectivity index is 1.40. The van der Waals surface area contributed by atoms with Crippen molar-refractivity contribution in [2.24, 2.45) is 9.98 Å². The number of rotatable bonds is 4. The minimum absolute atomic E-state index is 0.347. The summed E-state index contributed by atoms with van der Waals surface area (Å²) >= 11 is 0. The van der Waals surface area contributed by atoms with E-state index < -0.39 is 0 Å². The molecule has 0 radical (unpaired) electrons. The highest BCUT2D eigenvalue weighted by Gasteiger charge is 2.27. The number of nitrogen functional groups attached to an aromatic ring is 1. The summed E-state index contributed by atoms with van der Waals surface area (Å²) in [6, 6.07) is 41.9. The van der Waals surface area contributed by atoms with Gasteiger partial charge in [0, 0.05) is 16.5 Å². The predicted octanol–water partition coefficient (Wildman–Crippen LogP) is 9.03. The van der Waals surface area contributed by atoms with Crippen molar-refractivity contribution < 1.29 is 4.42 Å². The third-order valence-electron chi connectivity index (χ3n) is 8.30. The topological polar surface area (TPSA) is 75.9 Å². The van der Waals surface area contributed by atoms with E-state index >= 15 is 0 Å². The molecule has 206 valence electrons. The highest BCUT2D eigenvalue weighted by Crippen LogP contribution is 2.37. The molecule has 0 saturated heterocycles. The molecule has 8 rings (SSSR count). The van der Waals surface area contributed by atoms with E-state index in [1.165, 1.54) is 26.9 Å². The zero-order valence-corrected chi connectivity index (χ0v) is 23.6. The second-order valence-corrected chi connectivity index (χ2v) is 10.8. The van der Waals surface area contributed by atoms with Crippen LogP contribution in [0.15, 0.2) is 142 Å². The average Bonchev–Trinajstić information content (AvgIpc) is 3.40. The summed E-state index contributed by atoms with van der Waals surface area (Å²) in [6.07, 6.45) is 1.69. The van der Waals surface area contributed by atoms with Crippen LogP contribution in [-0.4, -0.2) is 11.7 Å². The first-order valence-corrected chi connectivity index (χ1v) is 14.5. The van der Waals surface area contributed by atoms with Crippen LogP contribution in [0.5, 0.6) is 0 Å². The number of para-hydroxylation sites is 1. The van der Waals surface area contributed by atoms with Gasteiger partial charge in [0.15, 0.2) is 11.7 Å². The van der Waals surface area contributed by atoms with Gasteiger partial charge in [-0.1, -0.05) is 115 Å². The van der Waals surface area contributed by atoms with E-state index in [4.69, 9.17) is 20.1 Å². The molecule has 0 aliphatic carbocycles. The van der Waals surface area contributed by atoms with Gasteiger partial charge in [0.2, 0.25) is 0 Å². The molecule has 5 heteroatoms. The fourth-order valence-corrected chi connectivity index (χ4v) is 6.30. The maximum absolute atomic E-state index is 6.50. The van der Waals surface area contributed by atoms with Gasteiger partial charge in [-0.3, -0.25) is 0 Å². The van der Waals surface area contributed by atoms with E-state index in [9.17, 15) is 0 Å². The highest BCUT2D eigenvalue weighted by atomic mass is 16.3. The van der Waals surface area contributed by atoms with Crippen molar-refractivity contribution in [2.75, 3.05) is 5.73 Å². The number of fused-ring (bicyclic) bond motifs is 6. The summed E-state index contributed by atoms with van der Waals surface area (Å²) in [4.78, 5) is 10.5. The summed E-state index contributed by atoms with van der Waals surface area (Å²) < 4.78 is 5.97. The first-order valence-electron chi connectivity index (χ1n) is 14.5. The van der Waals surface area contributed by atoms with Crippen LogP contribution >= 0.6 is 0 Å². The molecule has 2 heterocycles. The van der Waals surface area contributed by atoms with Gasteiger partial charge >= 0.3 is 0 Å². The van der Waals surface area contributed by atoms with Crippen LogP contribution < -0.4 is 11.1 Å². The molecule has 3 N–H and O–H groups in total. The SMILES string of the molecule is C/C=C(/C1=NC(c2cc3c4ccccc4ccc3c3ccccc23)=NC(c2ccccc2)N1)c1c(N)oc2ccccc12. The molecule has 0 amide bonds. The van der Waals surface area contributed by atoms with E-state index in [-0.39, 0.29) is 6.17 Å². The van der Waals surface area contributed by atoms with Crippen molar-refractivity contribution in [3.8, 4) is 0 Å². The number of anilines is 1. The Kier molecular flexibility index (Phi) is 5.83. The third-order valence-corrected chi connectivity index (χ3v) is 8.30. The first-order chi connectivity index (χ1) is 21.2. The van der Waals surface area contributed by atoms with Gasteiger partial charge < -0.3 is 15.5 Å². The second-order valence-electron chi connectivity index (χ2n) is 10.8. The number of amidine groups is 2. The Bertz CT molecular complexity index is 2290. The van der Waals surface area contributed by atoms with Crippen molar-refractivity contribution in [2.45, 2.75) is 13.1 Å². The number of allylic oxidation sites excluding steroid dienone is 1. The molecular formula is C38H28N4O. The Morgan fingerprint density at radius 2 is 1.40 bits per heavy atom. The standard InChI is InChI=1S/C38H28N4O/c1-2-25(34-30-18-10-11-19-33(30)43-35(34)39)37-40-36(24-13-4-3-5-14-24)41-38(42-37)32-22-31-26-15-7-6-12-23(26)20-21-29(31)27-16-8-9-17-28(27)32/h2-22,36H,39H2,1H3,(H,40,41,42)/b25-2+. The summed E-state index contributed by atoms with van der Waals surface area (Å²) in [5, 5.41) is 11.6. The van der Waals surface area contributed by atoms with Crippen LogP contribution in [0.4, 0.5) is 5.88 Å². The largest absolute Gasteiger partial charge is 0.440 e. The molecule has 1 aromatic heterocycles. The van der Waals surface area contributed by atoms with Crippen molar-refractivity contribution in [3.63, 3.8) is 0 Å². The molecule has 1 aliphatic rings. The molecular weight excluding hydrogens is 528 g/mol. The van der Waals surface area contributed by atoms with Gasteiger partial charge in [-0.2, -0.15) is 0 Å². The Morgan fingerprint density at radius 1 is 0.721 bits per heavy atom. The van der Waals surface area contributed by atoms with Crippen LogP contribution in [0.2, 0.25) is 0 Å². The lowest BCUT2D eigenvalue weighted by Crippen LogP contribution is -2.33. The molecule has 6 aromatic carbocycles. The van der Waals surface area contributed by atoms with E-state index in [2.05, 4.69) is 84.2 Å². The minimum Gasteiger partial charge on any atom is -0.440 e. The van der Waals surface area contributed by atoms with Gasteiger partial charge in [0.25, 0.3) is 0 Å². The Morgan fingerprint density at radius 3 is 2.21 bits per heavy atom. The zero-order chi connectivity index (χ0) is 28.9. The lowest BCUT2D eigenvalue weighted by Gasteiger charge is -2.25. The van der Waals surface area contributed by atoms with Crippen molar-refractivity contribution in [1.29, 1.82) is 0 Å². The quantitative estimate of drug-likeness (QED) is 0.212. The zero-order valence-electron chi connectivity index (χ0n) is 23.6. The molecule has 0 spiro atoms. The molecule has 0 fully saturated rings. The number of nitrogens with zero attached hydrogens (tertiary/aromatic N) is 2. The predicted molar refractivity (Wildman–Crippen MR) is 180 cm³/mol. The summed E-state index contributed by atoms with van der Waals surface area (Å²) in [6.45, 7) is 2.00. The molecule has 0 bridgehead atoms. The maximum atomic E-state index is 6.50. The van der Waals surface area contributed by atoms with Crippen LogP contribution in [-0.2, 0) is 0 Å². The number of aliphatic imine (C=N–C) groups is 2. The lowest BCUT2D eigenvalue weighted by molar-refractivity contribution is 0.636. The van der Waals surface area contributed by atoms with Gasteiger partial charge in [0.05, 0.1) is 5.56 Å². The van der Waals surface area contributed by atoms with Crippen molar-refractivity contribution in [3.05, 3.63) is 144 Å². The monoisotopic (exact) mass is 556 g/mol. The van der Waals surface area contributed by atoms with E-state index in [1.54, 1.807) is 0 Å². The molecule has 7 aromatic rings. The van der Waals surface area contributed by atoms with Gasteiger partial charge in [-0.15, -0.1) is 0 Å². The van der Waals surface area contributed by atoms with E-state index in [0.29, 0.717) is 17.6 Å². The number of hydrogen-bond donors (Lipinski definition) is 2. The smallest absolute Gasteiger partial charge is 0.199 e. The van der Waals surface area contributed by atoms with Crippen molar-refractivity contribution in [1.82, 2.24) is 5.32 Å². The average molecular weight is 557 g/mol. The third kappa shape index (κ3) is 4.09. The fourth-order valence-electron chi connectivity index (χ4n) is 6.30. The number of benzene rings is 6. The van der Waals surface area contributed by atoms with E-state index in [1.807, 2.05) is 55.5 Å². The van der Waals surface area contributed by atoms with Gasteiger partial charge in [-0.25, -0.2) is 9.98 Å². The Hall–Kier alpha value is -5.68. The Labute approximate surface area is 248 Å². The number of hydrogen-bond acceptors (Lipinski definition) is 5. The highest BCUT2D eigenvalue weighted by molar-refractivity contribution is 6.32. The van der Waals surface area contributed by atoms with Crippen LogP contribution in [0.3, 0.4) is 0 Å². The number of nitrogens with two attached hydrogens (primary N) is 1. The van der Waals surface area contributed by atoms with Crippen LogP contribution in [0.25, 0.3) is 48.9 Å². The van der Waals surface area contributed by atoms with Crippen LogP contribution in [0.1, 0.15) is 29.8 Å². The molecule has 43 heavy (non-hydrogen) atoms.